The summed E-state index contributed by atoms with van der Waals surface area (Å²) in [4.78, 5) is 39.5. The number of carbonyl (C=O) groups excluding carboxylic acids is 3. The first-order chi connectivity index (χ1) is 16.5. The molecule has 0 heterocycles. The molecular weight excluding hydrogens is 420 g/mol. The Balaban J connectivity index is 1.55. The van der Waals surface area contributed by atoms with E-state index in [0.29, 0.717) is 12.0 Å². The van der Waals surface area contributed by atoms with E-state index in [0.717, 1.165) is 36.8 Å². The van der Waals surface area contributed by atoms with Crippen LogP contribution >= 0.6 is 0 Å². The van der Waals surface area contributed by atoms with E-state index in [1.54, 1.807) is 6.08 Å². The number of rotatable bonds is 9. The molecule has 0 spiro atoms. The van der Waals surface area contributed by atoms with Gasteiger partial charge in [0.2, 0.25) is 0 Å². The second kappa shape index (κ2) is 10.9. The lowest BCUT2D eigenvalue weighted by molar-refractivity contribution is -0.126. The van der Waals surface area contributed by atoms with Crippen LogP contribution in [-0.4, -0.2) is 17.3 Å². The first-order valence-corrected chi connectivity index (χ1v) is 12.6. The Labute approximate surface area is 203 Å². The molecule has 0 aliphatic heterocycles. The normalized spacial score (nSPS) is 20.7. The van der Waals surface area contributed by atoms with Gasteiger partial charge in [0.1, 0.15) is 11.6 Å². The molecule has 4 rings (SSSR count). The molecule has 3 atom stereocenters. The summed E-state index contributed by atoms with van der Waals surface area (Å²) in [5.41, 5.74) is 5.00. The standard InChI is InChI=1S/C31H34O3/c1-3-21(2)30(33)19-25-16-17-28(23-10-5-4-6-11-23)29(31(25)34)20-26(32)18-24-14-9-13-22-12-7-8-15-27(22)24/h4-8,10-12,15-17,21,24,29H,3,9,13-14,18-20H2,1-2H3. The van der Waals surface area contributed by atoms with E-state index in [9.17, 15) is 14.4 Å². The number of allylic oxidation sites excluding steroid dienone is 4. The van der Waals surface area contributed by atoms with Crippen molar-refractivity contribution in [3.63, 3.8) is 0 Å². The van der Waals surface area contributed by atoms with E-state index in [4.69, 9.17) is 0 Å². The SMILES string of the molecule is CCC(C)C(=O)CC1=CC=C(c2ccccc2)C(CC(=O)CC2CCCc3ccccc32)C1=O. The maximum absolute atomic E-state index is 13.6. The van der Waals surface area contributed by atoms with Crippen molar-refractivity contribution in [1.29, 1.82) is 0 Å². The number of hydrogen-bond acceptors (Lipinski definition) is 3. The maximum Gasteiger partial charge on any atom is 0.167 e. The van der Waals surface area contributed by atoms with Crippen LogP contribution in [0.25, 0.3) is 5.57 Å². The Hall–Kier alpha value is -3.07. The number of ketones is 3. The highest BCUT2D eigenvalue weighted by Crippen LogP contribution is 2.37. The van der Waals surface area contributed by atoms with Crippen LogP contribution in [0.4, 0.5) is 0 Å². The number of aryl methyl sites for hydroxylation is 1. The summed E-state index contributed by atoms with van der Waals surface area (Å²) in [7, 11) is 0. The fourth-order valence-corrected chi connectivity index (χ4v) is 5.27. The third-order valence-electron chi connectivity index (χ3n) is 7.51. The van der Waals surface area contributed by atoms with Gasteiger partial charge >= 0.3 is 0 Å². The van der Waals surface area contributed by atoms with Gasteiger partial charge < -0.3 is 0 Å². The Morgan fingerprint density at radius 1 is 0.971 bits per heavy atom. The molecule has 3 heteroatoms. The highest BCUT2D eigenvalue weighted by molar-refractivity contribution is 6.11. The van der Waals surface area contributed by atoms with Gasteiger partial charge in [-0.25, -0.2) is 0 Å². The molecule has 0 aromatic heterocycles. The van der Waals surface area contributed by atoms with Crippen LogP contribution in [0.1, 0.15) is 75.0 Å². The minimum atomic E-state index is -0.529. The zero-order valence-corrected chi connectivity index (χ0v) is 20.3. The summed E-state index contributed by atoms with van der Waals surface area (Å²) in [6, 6.07) is 18.2. The van der Waals surface area contributed by atoms with E-state index in [1.165, 1.54) is 11.1 Å². The van der Waals surface area contributed by atoms with Crippen LogP contribution in [0.5, 0.6) is 0 Å². The lowest BCUT2D eigenvalue weighted by atomic mass is 9.75. The number of Topliss-reactive ketones (excluding diaryl/α,β-unsaturated/α-hetero) is 3. The maximum atomic E-state index is 13.6. The van der Waals surface area contributed by atoms with Crippen molar-refractivity contribution >= 4 is 22.9 Å². The summed E-state index contributed by atoms with van der Waals surface area (Å²) in [5.74, 6) is -0.241. The third kappa shape index (κ3) is 5.35. The lowest BCUT2D eigenvalue weighted by Crippen LogP contribution is -2.27. The van der Waals surface area contributed by atoms with E-state index < -0.39 is 5.92 Å². The predicted molar refractivity (Wildman–Crippen MR) is 136 cm³/mol. The second-order valence-corrected chi connectivity index (χ2v) is 9.78. The zero-order chi connectivity index (χ0) is 24.1. The lowest BCUT2D eigenvalue weighted by Gasteiger charge is -2.27. The largest absolute Gasteiger partial charge is 0.300 e. The van der Waals surface area contributed by atoms with Crippen LogP contribution in [0, 0.1) is 11.8 Å². The second-order valence-electron chi connectivity index (χ2n) is 9.78. The highest BCUT2D eigenvalue weighted by Gasteiger charge is 2.33. The number of carbonyl (C=O) groups is 3. The molecule has 0 saturated heterocycles. The van der Waals surface area contributed by atoms with Crippen LogP contribution in [-0.2, 0) is 20.8 Å². The molecule has 34 heavy (non-hydrogen) atoms. The summed E-state index contributed by atoms with van der Waals surface area (Å²) in [6.07, 6.45) is 8.48. The molecule has 0 N–H and O–H groups in total. The van der Waals surface area contributed by atoms with E-state index in [1.807, 2.05) is 56.3 Å². The Kier molecular flexibility index (Phi) is 7.72. The highest BCUT2D eigenvalue weighted by atomic mass is 16.1. The fourth-order valence-electron chi connectivity index (χ4n) is 5.27. The average molecular weight is 455 g/mol. The Morgan fingerprint density at radius 3 is 2.47 bits per heavy atom. The predicted octanol–water partition coefficient (Wildman–Crippen LogP) is 6.67. The number of benzene rings is 2. The summed E-state index contributed by atoms with van der Waals surface area (Å²) in [6.45, 7) is 3.89. The van der Waals surface area contributed by atoms with Gasteiger partial charge in [0.05, 0.1) is 5.92 Å². The minimum Gasteiger partial charge on any atom is -0.300 e. The molecule has 0 saturated carbocycles. The molecule has 0 bridgehead atoms. The topological polar surface area (TPSA) is 51.2 Å². The van der Waals surface area contributed by atoms with E-state index in [2.05, 4.69) is 18.2 Å². The zero-order valence-electron chi connectivity index (χ0n) is 20.3. The van der Waals surface area contributed by atoms with Crippen molar-refractivity contribution in [2.24, 2.45) is 11.8 Å². The van der Waals surface area contributed by atoms with Crippen LogP contribution in [0.15, 0.2) is 72.3 Å². The van der Waals surface area contributed by atoms with Gasteiger partial charge in [0.15, 0.2) is 5.78 Å². The van der Waals surface area contributed by atoms with Gasteiger partial charge in [-0.2, -0.15) is 0 Å². The van der Waals surface area contributed by atoms with Crippen LogP contribution in [0.3, 0.4) is 0 Å². The molecule has 2 aromatic rings. The Bertz CT molecular complexity index is 1120. The molecule has 0 radical (unpaired) electrons. The van der Waals surface area contributed by atoms with Crippen molar-refractivity contribution in [3.05, 3.63) is 89.0 Å². The van der Waals surface area contributed by atoms with Crippen molar-refractivity contribution in [2.45, 2.75) is 64.7 Å². The van der Waals surface area contributed by atoms with Crippen LogP contribution < -0.4 is 0 Å². The van der Waals surface area contributed by atoms with E-state index >= 15 is 0 Å². The van der Waals surface area contributed by atoms with Gasteiger partial charge in [-0.1, -0.05) is 80.6 Å². The number of hydrogen-bond donors (Lipinski definition) is 0. The van der Waals surface area contributed by atoms with Crippen molar-refractivity contribution in [1.82, 2.24) is 0 Å². The number of fused-ring (bicyclic) bond motifs is 1. The average Bonchev–Trinajstić information content (AvgIpc) is 2.86. The van der Waals surface area contributed by atoms with Gasteiger partial charge in [-0.15, -0.1) is 0 Å². The first kappa shape index (κ1) is 24.1. The van der Waals surface area contributed by atoms with Crippen molar-refractivity contribution < 1.29 is 14.4 Å². The van der Waals surface area contributed by atoms with Gasteiger partial charge in [0, 0.05) is 30.8 Å². The molecule has 0 fully saturated rings. The van der Waals surface area contributed by atoms with Crippen molar-refractivity contribution in [2.75, 3.05) is 0 Å². The Morgan fingerprint density at radius 2 is 1.71 bits per heavy atom. The summed E-state index contributed by atoms with van der Waals surface area (Å²) >= 11 is 0. The molecular formula is C31H34O3. The third-order valence-corrected chi connectivity index (χ3v) is 7.51. The fraction of sp³-hybridized carbons (Fsp3) is 0.387. The molecule has 0 amide bonds. The first-order valence-electron chi connectivity index (χ1n) is 12.6. The minimum absolute atomic E-state index is 0.0698. The molecule has 3 unspecified atom stereocenters. The molecule has 2 aliphatic rings. The molecule has 176 valence electrons. The molecule has 2 aliphatic carbocycles. The van der Waals surface area contributed by atoms with Gasteiger partial charge in [0.25, 0.3) is 0 Å². The van der Waals surface area contributed by atoms with E-state index in [-0.39, 0.29) is 42.0 Å². The molecule has 2 aromatic carbocycles. The summed E-state index contributed by atoms with van der Waals surface area (Å²) < 4.78 is 0. The van der Waals surface area contributed by atoms with Gasteiger partial charge in [-0.3, -0.25) is 14.4 Å². The summed E-state index contributed by atoms with van der Waals surface area (Å²) in [5, 5.41) is 0. The van der Waals surface area contributed by atoms with Gasteiger partial charge in [-0.05, 0) is 53.9 Å². The smallest absolute Gasteiger partial charge is 0.167 e. The monoisotopic (exact) mass is 454 g/mol. The molecule has 3 nitrogen and oxygen atoms in total. The van der Waals surface area contributed by atoms with Crippen molar-refractivity contribution in [3.8, 4) is 0 Å². The van der Waals surface area contributed by atoms with Crippen LogP contribution in [0.2, 0.25) is 0 Å². The quantitative estimate of drug-likeness (QED) is 0.425.